The molecule has 46 valence electrons. The highest BCUT2D eigenvalue weighted by molar-refractivity contribution is 6.18. The average molecular weight is 135 g/mol. The minimum absolute atomic E-state index is 0.0108. The van der Waals surface area contributed by atoms with Crippen LogP contribution in [0.3, 0.4) is 0 Å². The zero-order chi connectivity index (χ0) is 5.98. The van der Waals surface area contributed by atoms with E-state index in [-0.39, 0.29) is 12.1 Å². The van der Waals surface area contributed by atoms with Gasteiger partial charge in [0.25, 0.3) is 6.02 Å². The number of hydrogen-bond donors (Lipinski definition) is 1. The topological polar surface area (TPSA) is 47.6 Å². The molecule has 0 bridgehead atoms. The molecule has 0 amide bonds. The predicted molar refractivity (Wildman–Crippen MR) is 32.1 cm³/mol. The third-order valence-electron chi connectivity index (χ3n) is 0.910. The van der Waals surface area contributed by atoms with Crippen molar-refractivity contribution in [3.05, 3.63) is 0 Å². The highest BCUT2D eigenvalue weighted by Crippen LogP contribution is 2.02. The molecule has 1 aliphatic rings. The highest BCUT2D eigenvalue weighted by Gasteiger charge is 2.14. The van der Waals surface area contributed by atoms with Crippen molar-refractivity contribution in [3.63, 3.8) is 0 Å². The van der Waals surface area contributed by atoms with E-state index in [9.17, 15) is 0 Å². The van der Waals surface area contributed by atoms with Gasteiger partial charge in [0.1, 0.15) is 6.10 Å². The van der Waals surface area contributed by atoms with E-state index >= 15 is 0 Å². The molecule has 2 N–H and O–H groups in total. The fourth-order valence-electron chi connectivity index (χ4n) is 0.517. The molecule has 0 saturated carbocycles. The zero-order valence-electron chi connectivity index (χ0n) is 4.30. The van der Waals surface area contributed by atoms with Gasteiger partial charge in [0.15, 0.2) is 0 Å². The number of halogens is 1. The Hall–Kier alpha value is -0.440. The molecule has 0 fully saturated rings. The van der Waals surface area contributed by atoms with E-state index in [0.29, 0.717) is 12.4 Å². The van der Waals surface area contributed by atoms with Crippen molar-refractivity contribution >= 4 is 17.6 Å². The Labute approximate surface area is 52.5 Å². The summed E-state index contributed by atoms with van der Waals surface area (Å²) < 4.78 is 4.91. The van der Waals surface area contributed by atoms with Gasteiger partial charge >= 0.3 is 0 Å². The van der Waals surface area contributed by atoms with Crippen LogP contribution in [0, 0.1) is 0 Å². The Balaban J connectivity index is 2.32. The van der Waals surface area contributed by atoms with Crippen LogP contribution in [-0.2, 0) is 4.74 Å². The summed E-state index contributed by atoms with van der Waals surface area (Å²) in [7, 11) is 0. The van der Waals surface area contributed by atoms with Gasteiger partial charge in [-0.2, -0.15) is 0 Å². The average Bonchev–Trinajstić information content (AvgIpc) is 2.14. The Morgan fingerprint density at radius 3 is 3.00 bits per heavy atom. The Bertz CT molecular complexity index is 115. The van der Waals surface area contributed by atoms with Gasteiger partial charge in [-0.25, -0.2) is 4.99 Å². The summed E-state index contributed by atoms with van der Waals surface area (Å²) >= 11 is 5.42. The second kappa shape index (κ2) is 2.22. The molecule has 0 unspecified atom stereocenters. The summed E-state index contributed by atoms with van der Waals surface area (Å²) in [6, 6.07) is 0.260. The first kappa shape index (κ1) is 5.69. The molecule has 4 heteroatoms. The quantitative estimate of drug-likeness (QED) is 0.511. The lowest BCUT2D eigenvalue weighted by atomic mass is 10.4. The van der Waals surface area contributed by atoms with Crippen molar-refractivity contribution < 1.29 is 4.74 Å². The molecule has 0 aromatic heterocycles. The van der Waals surface area contributed by atoms with Crippen LogP contribution in [0.25, 0.3) is 0 Å². The van der Waals surface area contributed by atoms with Crippen LogP contribution >= 0.6 is 11.6 Å². The standard InChI is InChI=1S/C4H7ClN2O/c5-1-3-2-7-4(6)8-3/h3H,1-2H2,(H2,6,7)/t3-/m0/s1. The summed E-state index contributed by atoms with van der Waals surface area (Å²) in [5, 5.41) is 0. The minimum Gasteiger partial charge on any atom is -0.459 e. The Morgan fingerprint density at radius 2 is 2.75 bits per heavy atom. The molecular weight excluding hydrogens is 128 g/mol. The second-order valence-electron chi connectivity index (χ2n) is 1.57. The van der Waals surface area contributed by atoms with E-state index < -0.39 is 0 Å². The van der Waals surface area contributed by atoms with Gasteiger partial charge in [-0.1, -0.05) is 0 Å². The van der Waals surface area contributed by atoms with Gasteiger partial charge < -0.3 is 10.5 Å². The van der Waals surface area contributed by atoms with Crippen molar-refractivity contribution in [1.82, 2.24) is 0 Å². The van der Waals surface area contributed by atoms with Gasteiger partial charge in [-0.05, 0) is 0 Å². The number of hydrogen-bond acceptors (Lipinski definition) is 3. The highest BCUT2D eigenvalue weighted by atomic mass is 35.5. The van der Waals surface area contributed by atoms with E-state index in [4.69, 9.17) is 22.1 Å². The molecular formula is C4H7ClN2O. The number of aliphatic imine (C=N–C) groups is 1. The van der Waals surface area contributed by atoms with Crippen molar-refractivity contribution in [2.45, 2.75) is 6.10 Å². The summed E-state index contributed by atoms with van der Waals surface area (Å²) in [5.41, 5.74) is 5.17. The largest absolute Gasteiger partial charge is 0.459 e. The molecule has 1 atom stereocenters. The van der Waals surface area contributed by atoms with Gasteiger partial charge in [0.2, 0.25) is 0 Å². The van der Waals surface area contributed by atoms with Crippen LogP contribution in [-0.4, -0.2) is 24.6 Å². The number of alkyl halides is 1. The number of rotatable bonds is 1. The first-order valence-electron chi connectivity index (χ1n) is 2.35. The number of nitrogens with two attached hydrogens (primary N) is 1. The van der Waals surface area contributed by atoms with Crippen LogP contribution in [0.4, 0.5) is 0 Å². The SMILES string of the molecule is NC1=NC[C@H](CCl)O1. The predicted octanol–water partition coefficient (Wildman–Crippen LogP) is -0.0613. The first-order chi connectivity index (χ1) is 3.83. The normalized spacial score (nSPS) is 27.1. The minimum atomic E-state index is 0.0108. The van der Waals surface area contributed by atoms with Crippen molar-refractivity contribution in [2.24, 2.45) is 10.7 Å². The molecule has 0 aromatic rings. The van der Waals surface area contributed by atoms with Crippen LogP contribution in [0.5, 0.6) is 0 Å². The van der Waals surface area contributed by atoms with Crippen LogP contribution in [0.1, 0.15) is 0 Å². The number of amidine groups is 1. The summed E-state index contributed by atoms with van der Waals surface area (Å²) in [5.74, 6) is 0.463. The molecule has 1 aliphatic heterocycles. The van der Waals surface area contributed by atoms with Crippen molar-refractivity contribution in [3.8, 4) is 0 Å². The Kier molecular flexibility index (Phi) is 1.58. The molecule has 0 aromatic carbocycles. The lowest BCUT2D eigenvalue weighted by Crippen LogP contribution is -2.18. The fraction of sp³-hybridized carbons (Fsp3) is 0.750. The van der Waals surface area contributed by atoms with Crippen LogP contribution in [0.15, 0.2) is 4.99 Å². The number of ether oxygens (including phenoxy) is 1. The van der Waals surface area contributed by atoms with E-state index in [0.717, 1.165) is 0 Å². The molecule has 0 radical (unpaired) electrons. The first-order valence-corrected chi connectivity index (χ1v) is 2.89. The molecule has 0 aliphatic carbocycles. The maximum atomic E-state index is 5.42. The summed E-state index contributed by atoms with van der Waals surface area (Å²) in [6.07, 6.45) is 0.0108. The summed E-state index contributed by atoms with van der Waals surface area (Å²) in [4.78, 5) is 3.78. The third kappa shape index (κ3) is 1.04. The van der Waals surface area contributed by atoms with E-state index in [2.05, 4.69) is 4.99 Å². The molecule has 0 saturated heterocycles. The molecule has 1 heterocycles. The Morgan fingerprint density at radius 1 is 2.00 bits per heavy atom. The lowest BCUT2D eigenvalue weighted by molar-refractivity contribution is 0.245. The van der Waals surface area contributed by atoms with Crippen molar-refractivity contribution in [2.75, 3.05) is 12.4 Å². The molecule has 3 nitrogen and oxygen atoms in total. The fourth-order valence-corrected chi connectivity index (χ4v) is 0.678. The van der Waals surface area contributed by atoms with E-state index in [1.807, 2.05) is 0 Å². The maximum absolute atomic E-state index is 5.42. The van der Waals surface area contributed by atoms with Crippen LogP contribution in [0.2, 0.25) is 0 Å². The van der Waals surface area contributed by atoms with Gasteiger partial charge in [0.05, 0.1) is 12.4 Å². The molecule has 8 heavy (non-hydrogen) atoms. The maximum Gasteiger partial charge on any atom is 0.282 e. The van der Waals surface area contributed by atoms with E-state index in [1.54, 1.807) is 0 Å². The van der Waals surface area contributed by atoms with Gasteiger partial charge in [-0.15, -0.1) is 11.6 Å². The van der Waals surface area contributed by atoms with Gasteiger partial charge in [0, 0.05) is 0 Å². The smallest absolute Gasteiger partial charge is 0.282 e. The monoisotopic (exact) mass is 134 g/mol. The summed E-state index contributed by atoms with van der Waals surface area (Å²) in [6.45, 7) is 0.606. The molecule has 1 rings (SSSR count). The third-order valence-corrected chi connectivity index (χ3v) is 1.25. The molecule has 0 spiro atoms. The zero-order valence-corrected chi connectivity index (χ0v) is 5.06. The van der Waals surface area contributed by atoms with Crippen LogP contribution < -0.4 is 5.73 Å². The van der Waals surface area contributed by atoms with E-state index in [1.165, 1.54) is 0 Å². The van der Waals surface area contributed by atoms with Gasteiger partial charge in [-0.3, -0.25) is 0 Å². The van der Waals surface area contributed by atoms with Crippen molar-refractivity contribution in [1.29, 1.82) is 0 Å². The number of nitrogens with zero attached hydrogens (tertiary/aromatic N) is 1. The second-order valence-corrected chi connectivity index (χ2v) is 1.88. The lowest BCUT2D eigenvalue weighted by Gasteiger charge is -2.02.